The minimum absolute atomic E-state index is 0.0445. The first-order valence-electron chi connectivity index (χ1n) is 10.0. The Labute approximate surface area is 177 Å². The molecule has 0 bridgehead atoms. The number of furan rings is 1. The number of aromatic hydroxyl groups is 1. The van der Waals surface area contributed by atoms with Gasteiger partial charge in [0, 0.05) is 28.0 Å². The number of ether oxygens (including phenoxy) is 1. The maximum atomic E-state index is 12.1. The number of aliphatic carboxylic acids is 1. The maximum absolute atomic E-state index is 12.1. The molecule has 0 amide bonds. The van der Waals surface area contributed by atoms with Crippen LogP contribution in [0.25, 0.3) is 33.3 Å². The zero-order chi connectivity index (χ0) is 22.1. The lowest BCUT2D eigenvalue weighted by Gasteiger charge is -2.07. The summed E-state index contributed by atoms with van der Waals surface area (Å²) in [4.78, 5) is 23.7. The van der Waals surface area contributed by atoms with Gasteiger partial charge < -0.3 is 23.8 Å². The van der Waals surface area contributed by atoms with Crippen molar-refractivity contribution in [2.24, 2.45) is 0 Å². The van der Waals surface area contributed by atoms with Crippen LogP contribution in [0, 0.1) is 0 Å². The predicted molar refractivity (Wildman–Crippen MR) is 116 cm³/mol. The summed E-state index contributed by atoms with van der Waals surface area (Å²) >= 11 is 0. The SMILES string of the molecule is CCCCc1cc(=O)oc2c(O)c3oc(-c4ccc(OC)cc4)c(CC(=O)O)c3cc12. The number of benzene rings is 2. The molecule has 2 N–H and O–H groups in total. The fourth-order valence-electron chi connectivity index (χ4n) is 3.82. The molecule has 0 spiro atoms. The smallest absolute Gasteiger partial charge is 0.336 e. The number of unbranched alkanes of at least 4 members (excludes halogenated alkanes) is 1. The number of phenols is 1. The standard InChI is InChI=1S/C24H22O7/c1-3-4-5-14-10-20(27)30-23-16(14)11-17-18(12-19(25)26)22(31-24(17)21(23)28)13-6-8-15(29-2)9-7-13/h6-11,28H,3-5,12H2,1-2H3,(H,25,26). The second-order valence-electron chi connectivity index (χ2n) is 7.38. The molecule has 7 heteroatoms. The molecular weight excluding hydrogens is 400 g/mol. The summed E-state index contributed by atoms with van der Waals surface area (Å²) in [5.74, 6) is -0.351. The van der Waals surface area contributed by atoms with E-state index in [4.69, 9.17) is 13.6 Å². The highest BCUT2D eigenvalue weighted by atomic mass is 16.5. The summed E-state index contributed by atoms with van der Waals surface area (Å²) in [7, 11) is 1.56. The summed E-state index contributed by atoms with van der Waals surface area (Å²) in [5.41, 5.74) is 1.41. The minimum Gasteiger partial charge on any atom is -0.502 e. The molecule has 4 aromatic rings. The van der Waals surface area contributed by atoms with Gasteiger partial charge in [-0.25, -0.2) is 4.79 Å². The molecule has 0 fully saturated rings. The van der Waals surface area contributed by atoms with Gasteiger partial charge in [0.1, 0.15) is 11.5 Å². The molecule has 2 aromatic carbocycles. The Balaban J connectivity index is 2.03. The number of carboxylic acid groups (broad SMARTS) is 1. The van der Waals surface area contributed by atoms with Crippen molar-refractivity contribution in [1.29, 1.82) is 0 Å². The Bertz CT molecular complexity index is 1330. The second kappa shape index (κ2) is 8.18. The molecule has 2 heterocycles. The van der Waals surface area contributed by atoms with Gasteiger partial charge in [-0.05, 0) is 48.7 Å². The molecule has 0 aliphatic rings. The molecule has 7 nitrogen and oxygen atoms in total. The Morgan fingerprint density at radius 3 is 2.42 bits per heavy atom. The van der Waals surface area contributed by atoms with Crippen molar-refractivity contribution in [1.82, 2.24) is 0 Å². The van der Waals surface area contributed by atoms with Crippen LogP contribution in [0.3, 0.4) is 0 Å². The van der Waals surface area contributed by atoms with Crippen LogP contribution in [0.2, 0.25) is 0 Å². The van der Waals surface area contributed by atoms with Crippen LogP contribution < -0.4 is 10.4 Å². The number of aryl methyl sites for hydroxylation is 1. The number of carboxylic acids is 1. The lowest BCUT2D eigenvalue weighted by atomic mass is 9.98. The average Bonchev–Trinajstić information content (AvgIpc) is 3.11. The second-order valence-corrected chi connectivity index (χ2v) is 7.38. The normalized spacial score (nSPS) is 11.3. The van der Waals surface area contributed by atoms with E-state index in [0.717, 1.165) is 18.4 Å². The van der Waals surface area contributed by atoms with Crippen molar-refractivity contribution in [2.45, 2.75) is 32.6 Å². The van der Waals surface area contributed by atoms with Gasteiger partial charge in [-0.3, -0.25) is 4.79 Å². The zero-order valence-corrected chi connectivity index (χ0v) is 17.2. The molecule has 0 aliphatic heterocycles. The van der Waals surface area contributed by atoms with E-state index in [9.17, 15) is 19.8 Å². The van der Waals surface area contributed by atoms with Gasteiger partial charge >= 0.3 is 11.6 Å². The molecule has 0 unspecified atom stereocenters. The van der Waals surface area contributed by atoms with Crippen LogP contribution in [0.5, 0.6) is 11.5 Å². The van der Waals surface area contributed by atoms with E-state index in [1.54, 1.807) is 37.4 Å². The van der Waals surface area contributed by atoms with Gasteiger partial charge in [-0.1, -0.05) is 13.3 Å². The summed E-state index contributed by atoms with van der Waals surface area (Å²) in [6.07, 6.45) is 2.15. The first-order chi connectivity index (χ1) is 14.9. The van der Waals surface area contributed by atoms with Gasteiger partial charge in [-0.2, -0.15) is 0 Å². The third kappa shape index (κ3) is 3.74. The van der Waals surface area contributed by atoms with Gasteiger partial charge in [0.15, 0.2) is 11.2 Å². The molecule has 0 aliphatic carbocycles. The number of hydrogen-bond donors (Lipinski definition) is 2. The highest BCUT2D eigenvalue weighted by Crippen LogP contribution is 2.42. The molecule has 31 heavy (non-hydrogen) atoms. The van der Waals surface area contributed by atoms with Gasteiger partial charge in [0.2, 0.25) is 5.75 Å². The van der Waals surface area contributed by atoms with Crippen LogP contribution in [0.1, 0.15) is 30.9 Å². The topological polar surface area (TPSA) is 110 Å². The number of hydrogen-bond acceptors (Lipinski definition) is 6. The van der Waals surface area contributed by atoms with E-state index in [2.05, 4.69) is 0 Å². The maximum Gasteiger partial charge on any atom is 0.336 e. The van der Waals surface area contributed by atoms with Gasteiger partial charge in [0.05, 0.1) is 13.5 Å². The lowest BCUT2D eigenvalue weighted by molar-refractivity contribution is -0.136. The Morgan fingerprint density at radius 2 is 1.77 bits per heavy atom. The predicted octanol–water partition coefficient (Wildman–Crippen LogP) is 4.89. The van der Waals surface area contributed by atoms with Crippen molar-refractivity contribution in [3.8, 4) is 22.8 Å². The van der Waals surface area contributed by atoms with Gasteiger partial charge in [0.25, 0.3) is 0 Å². The Kier molecular flexibility index (Phi) is 5.42. The third-order valence-corrected chi connectivity index (χ3v) is 5.33. The van der Waals surface area contributed by atoms with Crippen molar-refractivity contribution in [2.75, 3.05) is 7.11 Å². The van der Waals surface area contributed by atoms with Crippen molar-refractivity contribution in [3.05, 3.63) is 57.9 Å². The van der Waals surface area contributed by atoms with Crippen LogP contribution in [-0.4, -0.2) is 23.3 Å². The number of carbonyl (C=O) groups is 1. The molecule has 4 rings (SSSR count). The largest absolute Gasteiger partial charge is 0.502 e. The number of fused-ring (bicyclic) bond motifs is 2. The zero-order valence-electron chi connectivity index (χ0n) is 17.2. The summed E-state index contributed by atoms with van der Waals surface area (Å²) in [5, 5.41) is 21.4. The van der Waals surface area contributed by atoms with E-state index in [-0.39, 0.29) is 23.3 Å². The highest BCUT2D eigenvalue weighted by Gasteiger charge is 2.24. The number of rotatable bonds is 7. The van der Waals surface area contributed by atoms with Crippen molar-refractivity contribution >= 4 is 27.9 Å². The fraction of sp³-hybridized carbons (Fsp3) is 0.250. The first kappa shape index (κ1) is 20.5. The van der Waals surface area contributed by atoms with Crippen molar-refractivity contribution in [3.63, 3.8) is 0 Å². The highest BCUT2D eigenvalue weighted by molar-refractivity contribution is 6.05. The molecule has 2 aromatic heterocycles. The Morgan fingerprint density at radius 1 is 1.06 bits per heavy atom. The van der Waals surface area contributed by atoms with E-state index in [1.807, 2.05) is 6.92 Å². The van der Waals surface area contributed by atoms with Crippen LogP contribution >= 0.6 is 0 Å². The van der Waals surface area contributed by atoms with Crippen LogP contribution in [0.15, 0.2) is 50.0 Å². The monoisotopic (exact) mass is 422 g/mol. The lowest BCUT2D eigenvalue weighted by Crippen LogP contribution is -2.02. The van der Waals surface area contributed by atoms with E-state index >= 15 is 0 Å². The fourth-order valence-corrected chi connectivity index (χ4v) is 3.82. The third-order valence-electron chi connectivity index (χ3n) is 5.33. The quantitative estimate of drug-likeness (QED) is 0.408. The minimum atomic E-state index is -1.03. The Hall–Kier alpha value is -3.74. The average molecular weight is 422 g/mol. The van der Waals surface area contributed by atoms with E-state index in [0.29, 0.717) is 39.8 Å². The van der Waals surface area contributed by atoms with Crippen LogP contribution in [0.4, 0.5) is 0 Å². The summed E-state index contributed by atoms with van der Waals surface area (Å²) in [6.45, 7) is 2.05. The molecule has 160 valence electrons. The van der Waals surface area contributed by atoms with Crippen LogP contribution in [-0.2, 0) is 17.6 Å². The molecule has 0 atom stereocenters. The first-order valence-corrected chi connectivity index (χ1v) is 10.0. The summed E-state index contributed by atoms with van der Waals surface area (Å²) in [6, 6.07) is 10.2. The number of phenolic OH excluding ortho intramolecular Hbond substituents is 1. The molecule has 0 saturated carbocycles. The van der Waals surface area contributed by atoms with E-state index in [1.165, 1.54) is 6.07 Å². The van der Waals surface area contributed by atoms with Crippen molar-refractivity contribution < 1.29 is 28.6 Å². The molecular formula is C24H22O7. The molecule has 0 saturated heterocycles. The summed E-state index contributed by atoms with van der Waals surface area (Å²) < 4.78 is 16.4. The van der Waals surface area contributed by atoms with Gasteiger partial charge in [-0.15, -0.1) is 0 Å². The van der Waals surface area contributed by atoms with E-state index < -0.39 is 11.6 Å². The molecule has 0 radical (unpaired) electrons. The number of methoxy groups -OCH3 is 1.